The lowest BCUT2D eigenvalue weighted by atomic mass is 10.1. The van der Waals surface area contributed by atoms with Crippen molar-refractivity contribution in [2.75, 3.05) is 17.2 Å². The molecule has 4 aromatic carbocycles. The van der Waals surface area contributed by atoms with Crippen molar-refractivity contribution in [3.05, 3.63) is 120 Å². The molecule has 0 aliphatic heterocycles. The number of ether oxygens (including phenoxy) is 1. The number of carbonyl (C=O) groups is 3. The van der Waals surface area contributed by atoms with Crippen molar-refractivity contribution in [3.8, 4) is 5.75 Å². The number of rotatable bonds is 10. The molecule has 1 atom stereocenters. The first kappa shape index (κ1) is 25.5. The molecule has 0 saturated heterocycles. The van der Waals surface area contributed by atoms with E-state index in [2.05, 4.69) is 10.6 Å². The molecule has 0 aromatic heterocycles. The number of anilines is 2. The van der Waals surface area contributed by atoms with Gasteiger partial charge in [-0.05, 0) is 48.0 Å². The fraction of sp³-hybridized carbons (Fsp3) is 0.0690. The van der Waals surface area contributed by atoms with Gasteiger partial charge in [0.1, 0.15) is 11.0 Å². The molecule has 4 rings (SSSR count). The molecule has 8 heteroatoms. The molecule has 0 aliphatic carbocycles. The van der Waals surface area contributed by atoms with Crippen molar-refractivity contribution in [3.63, 3.8) is 0 Å². The molecule has 0 saturated carbocycles. The predicted octanol–water partition coefficient (Wildman–Crippen LogP) is 5.28. The zero-order chi connectivity index (χ0) is 26.0. The average molecular weight is 512 g/mol. The van der Waals surface area contributed by atoms with Gasteiger partial charge >= 0.3 is 0 Å². The monoisotopic (exact) mass is 511 g/mol. The van der Waals surface area contributed by atoms with E-state index in [1.807, 2.05) is 54.6 Å². The molecule has 0 fully saturated rings. The van der Waals surface area contributed by atoms with Gasteiger partial charge in [-0.25, -0.2) is 0 Å². The SMILES string of the molecule is NC(=O)c1ccccc1NC(=O)C(Sc1cccc(NC(=O)COc2ccccc2)c1)c1ccccc1. The van der Waals surface area contributed by atoms with Crippen LogP contribution < -0.4 is 21.1 Å². The van der Waals surface area contributed by atoms with Gasteiger partial charge in [0.2, 0.25) is 5.91 Å². The van der Waals surface area contributed by atoms with Gasteiger partial charge < -0.3 is 21.1 Å². The minimum atomic E-state index is -0.630. The number of amides is 3. The first-order valence-electron chi connectivity index (χ1n) is 11.5. The number of para-hydroxylation sites is 2. The Kier molecular flexibility index (Phi) is 8.57. The number of benzene rings is 4. The lowest BCUT2D eigenvalue weighted by molar-refractivity contribution is -0.118. The summed E-state index contributed by atoms with van der Waals surface area (Å²) in [7, 11) is 0. The van der Waals surface area contributed by atoms with Gasteiger partial charge in [0, 0.05) is 10.6 Å². The van der Waals surface area contributed by atoms with Crippen LogP contribution in [0.4, 0.5) is 11.4 Å². The molecule has 0 bridgehead atoms. The Morgan fingerprint density at radius 2 is 1.46 bits per heavy atom. The van der Waals surface area contributed by atoms with E-state index in [1.54, 1.807) is 54.6 Å². The molecule has 37 heavy (non-hydrogen) atoms. The lowest BCUT2D eigenvalue weighted by Gasteiger charge is -2.18. The smallest absolute Gasteiger partial charge is 0.262 e. The first-order chi connectivity index (χ1) is 18.0. The van der Waals surface area contributed by atoms with Crippen molar-refractivity contribution in [1.82, 2.24) is 0 Å². The standard InChI is InChI=1S/C29H25N3O4S/c30-28(34)24-16-7-8-17-25(24)32-29(35)27(20-10-3-1-4-11-20)37-23-15-9-12-21(18-23)31-26(33)19-36-22-13-5-2-6-14-22/h1-18,27H,19H2,(H2,30,34)(H,31,33)(H,32,35). The van der Waals surface area contributed by atoms with Gasteiger partial charge in [-0.1, -0.05) is 66.7 Å². The van der Waals surface area contributed by atoms with Crippen molar-refractivity contribution < 1.29 is 19.1 Å². The zero-order valence-electron chi connectivity index (χ0n) is 19.8. The van der Waals surface area contributed by atoms with E-state index >= 15 is 0 Å². The number of primary amides is 1. The van der Waals surface area contributed by atoms with E-state index in [-0.39, 0.29) is 24.0 Å². The second kappa shape index (κ2) is 12.4. The number of nitrogens with one attached hydrogen (secondary N) is 2. The number of nitrogens with two attached hydrogens (primary N) is 1. The summed E-state index contributed by atoms with van der Waals surface area (Å²) in [5, 5.41) is 5.04. The third-order valence-electron chi connectivity index (χ3n) is 5.28. The van der Waals surface area contributed by atoms with E-state index in [1.165, 1.54) is 11.8 Å². The zero-order valence-corrected chi connectivity index (χ0v) is 20.6. The predicted molar refractivity (Wildman–Crippen MR) is 146 cm³/mol. The maximum absolute atomic E-state index is 13.4. The molecule has 7 nitrogen and oxygen atoms in total. The van der Waals surface area contributed by atoms with Crippen LogP contribution in [0.15, 0.2) is 114 Å². The van der Waals surface area contributed by atoms with Crippen molar-refractivity contribution >= 4 is 40.9 Å². The van der Waals surface area contributed by atoms with Crippen LogP contribution in [0, 0.1) is 0 Å². The molecule has 1 unspecified atom stereocenters. The molecule has 3 amide bonds. The molecule has 0 aliphatic rings. The highest BCUT2D eigenvalue weighted by Gasteiger charge is 2.23. The Morgan fingerprint density at radius 1 is 0.784 bits per heavy atom. The Morgan fingerprint density at radius 3 is 2.19 bits per heavy atom. The quantitative estimate of drug-likeness (QED) is 0.251. The van der Waals surface area contributed by atoms with Gasteiger partial charge in [0.05, 0.1) is 11.3 Å². The molecule has 4 N–H and O–H groups in total. The maximum atomic E-state index is 13.4. The van der Waals surface area contributed by atoms with E-state index in [0.717, 1.165) is 10.5 Å². The summed E-state index contributed by atoms with van der Waals surface area (Å²) in [4.78, 5) is 38.4. The Balaban J connectivity index is 1.48. The van der Waals surface area contributed by atoms with Gasteiger partial charge in [-0.3, -0.25) is 14.4 Å². The summed E-state index contributed by atoms with van der Waals surface area (Å²) in [6, 6.07) is 32.3. The van der Waals surface area contributed by atoms with Gasteiger partial charge in [-0.15, -0.1) is 11.8 Å². The second-order valence-electron chi connectivity index (χ2n) is 7.99. The largest absolute Gasteiger partial charge is 0.484 e. The molecule has 4 aromatic rings. The first-order valence-corrected chi connectivity index (χ1v) is 12.4. The van der Waals surface area contributed by atoms with E-state index < -0.39 is 11.2 Å². The third kappa shape index (κ3) is 7.22. The van der Waals surface area contributed by atoms with Crippen LogP contribution in [-0.2, 0) is 9.59 Å². The fourth-order valence-corrected chi connectivity index (χ4v) is 4.64. The lowest BCUT2D eigenvalue weighted by Crippen LogP contribution is -2.22. The fourth-order valence-electron chi connectivity index (χ4n) is 3.55. The van der Waals surface area contributed by atoms with Crippen molar-refractivity contribution in [2.24, 2.45) is 5.73 Å². The third-order valence-corrected chi connectivity index (χ3v) is 6.52. The van der Waals surface area contributed by atoms with Crippen molar-refractivity contribution in [1.29, 1.82) is 0 Å². The van der Waals surface area contributed by atoms with Gasteiger partial charge in [-0.2, -0.15) is 0 Å². The van der Waals surface area contributed by atoms with Crippen LogP contribution in [0.5, 0.6) is 5.75 Å². The highest BCUT2D eigenvalue weighted by Crippen LogP contribution is 2.37. The number of hydrogen-bond donors (Lipinski definition) is 3. The summed E-state index contributed by atoms with van der Waals surface area (Å²) in [6.45, 7) is -0.129. The molecule has 0 heterocycles. The van der Waals surface area contributed by atoms with E-state index in [0.29, 0.717) is 17.1 Å². The van der Waals surface area contributed by atoms with Crippen LogP contribution >= 0.6 is 11.8 Å². The Bertz CT molecular complexity index is 1380. The van der Waals surface area contributed by atoms with Crippen LogP contribution in [0.25, 0.3) is 0 Å². The minimum Gasteiger partial charge on any atom is -0.484 e. The maximum Gasteiger partial charge on any atom is 0.262 e. The van der Waals surface area contributed by atoms with Gasteiger partial charge in [0.25, 0.3) is 11.8 Å². The minimum absolute atomic E-state index is 0.129. The summed E-state index contributed by atoms with van der Waals surface area (Å²) < 4.78 is 5.50. The molecular weight excluding hydrogens is 486 g/mol. The number of carbonyl (C=O) groups excluding carboxylic acids is 3. The average Bonchev–Trinajstić information content (AvgIpc) is 2.92. The number of thioether (sulfide) groups is 1. The Labute approximate surface area is 219 Å². The van der Waals surface area contributed by atoms with Crippen molar-refractivity contribution in [2.45, 2.75) is 10.1 Å². The molecule has 0 spiro atoms. The topological polar surface area (TPSA) is 111 Å². The highest BCUT2D eigenvalue weighted by atomic mass is 32.2. The molecule has 0 radical (unpaired) electrons. The van der Waals surface area contributed by atoms with E-state index in [9.17, 15) is 14.4 Å². The van der Waals surface area contributed by atoms with Crippen LogP contribution in [-0.4, -0.2) is 24.3 Å². The normalized spacial score (nSPS) is 11.2. The van der Waals surface area contributed by atoms with E-state index in [4.69, 9.17) is 10.5 Å². The summed E-state index contributed by atoms with van der Waals surface area (Å²) in [5.74, 6) is -0.627. The highest BCUT2D eigenvalue weighted by molar-refractivity contribution is 8.00. The summed E-state index contributed by atoms with van der Waals surface area (Å²) in [5.41, 5.74) is 7.42. The van der Waals surface area contributed by atoms with Gasteiger partial charge in [0.15, 0.2) is 6.61 Å². The second-order valence-corrected chi connectivity index (χ2v) is 9.16. The van der Waals surface area contributed by atoms with Crippen LogP contribution in [0.1, 0.15) is 21.2 Å². The molecule has 186 valence electrons. The summed E-state index contributed by atoms with van der Waals surface area (Å²) >= 11 is 1.32. The van der Waals surface area contributed by atoms with Crippen LogP contribution in [0.2, 0.25) is 0 Å². The Hall–Kier alpha value is -4.56. The van der Waals surface area contributed by atoms with Crippen LogP contribution in [0.3, 0.4) is 0 Å². The molecular formula is C29H25N3O4S. The summed E-state index contributed by atoms with van der Waals surface area (Å²) in [6.07, 6.45) is 0. The number of hydrogen-bond acceptors (Lipinski definition) is 5.